The second kappa shape index (κ2) is 4.58. The molecular weight excluding hydrogens is 222 g/mol. The lowest BCUT2D eigenvalue weighted by molar-refractivity contribution is 0.660. The lowest BCUT2D eigenvalue weighted by Crippen LogP contribution is -1.92. The van der Waals surface area contributed by atoms with E-state index in [1.54, 1.807) is 0 Å². The second-order valence-electron chi connectivity index (χ2n) is 3.56. The van der Waals surface area contributed by atoms with Crippen molar-refractivity contribution in [3.63, 3.8) is 0 Å². The summed E-state index contributed by atoms with van der Waals surface area (Å²) in [5.41, 5.74) is 3.17. The summed E-state index contributed by atoms with van der Waals surface area (Å²) in [6.45, 7) is 2.94. The van der Waals surface area contributed by atoms with Crippen LogP contribution in [0, 0.1) is 0 Å². The Balaban J connectivity index is 2.42. The van der Waals surface area contributed by atoms with Crippen LogP contribution >= 0.6 is 11.6 Å². The Bertz CT molecular complexity index is 491. The van der Waals surface area contributed by atoms with E-state index >= 15 is 0 Å². The summed E-state index contributed by atoms with van der Waals surface area (Å²) in [4.78, 5) is 0. The lowest BCUT2D eigenvalue weighted by atomic mass is 10.1. The van der Waals surface area contributed by atoms with Gasteiger partial charge in [-0.05, 0) is 30.7 Å². The molecular formula is C12H14ClN3. The molecule has 1 N–H and O–H groups in total. The van der Waals surface area contributed by atoms with E-state index in [0.717, 1.165) is 28.4 Å². The Morgan fingerprint density at radius 3 is 2.75 bits per heavy atom. The SMILES string of the molecule is CCn1cc(-c2cc(Cl)cc(NC)c2)cn1. The molecule has 16 heavy (non-hydrogen) atoms. The van der Waals surface area contributed by atoms with Crippen molar-refractivity contribution >= 4 is 17.3 Å². The number of hydrogen-bond acceptors (Lipinski definition) is 2. The fourth-order valence-corrected chi connectivity index (χ4v) is 1.82. The first-order chi connectivity index (χ1) is 7.72. The molecule has 1 heterocycles. The molecule has 1 aromatic heterocycles. The van der Waals surface area contributed by atoms with Crippen LogP contribution in [0.5, 0.6) is 0 Å². The van der Waals surface area contributed by atoms with Gasteiger partial charge in [-0.25, -0.2) is 0 Å². The van der Waals surface area contributed by atoms with E-state index in [1.807, 2.05) is 36.3 Å². The molecule has 0 spiro atoms. The predicted octanol–water partition coefficient (Wildman–Crippen LogP) is 3.27. The summed E-state index contributed by atoms with van der Waals surface area (Å²) in [5.74, 6) is 0. The van der Waals surface area contributed by atoms with Gasteiger partial charge in [0.25, 0.3) is 0 Å². The molecule has 2 rings (SSSR count). The highest BCUT2D eigenvalue weighted by Gasteiger charge is 2.03. The van der Waals surface area contributed by atoms with Crippen LogP contribution < -0.4 is 5.32 Å². The zero-order valence-corrected chi connectivity index (χ0v) is 10.1. The van der Waals surface area contributed by atoms with Crippen LogP contribution in [-0.2, 0) is 6.54 Å². The third-order valence-electron chi connectivity index (χ3n) is 2.48. The maximum absolute atomic E-state index is 6.05. The monoisotopic (exact) mass is 235 g/mol. The number of aryl methyl sites for hydroxylation is 1. The smallest absolute Gasteiger partial charge is 0.0568 e. The molecule has 0 aliphatic heterocycles. The number of rotatable bonds is 3. The van der Waals surface area contributed by atoms with E-state index in [2.05, 4.69) is 23.4 Å². The van der Waals surface area contributed by atoms with E-state index in [0.29, 0.717) is 0 Å². The zero-order chi connectivity index (χ0) is 11.5. The van der Waals surface area contributed by atoms with Gasteiger partial charge in [0.1, 0.15) is 0 Å². The molecule has 0 saturated heterocycles. The minimum atomic E-state index is 0.728. The minimum Gasteiger partial charge on any atom is -0.388 e. The number of nitrogens with zero attached hydrogens (tertiary/aromatic N) is 2. The first-order valence-corrected chi connectivity index (χ1v) is 5.62. The van der Waals surface area contributed by atoms with E-state index in [9.17, 15) is 0 Å². The molecule has 0 atom stereocenters. The van der Waals surface area contributed by atoms with Crippen molar-refractivity contribution in [3.8, 4) is 11.1 Å². The van der Waals surface area contributed by atoms with Crippen molar-refractivity contribution in [2.45, 2.75) is 13.5 Å². The zero-order valence-electron chi connectivity index (χ0n) is 9.37. The molecule has 0 fully saturated rings. The molecule has 4 heteroatoms. The Hall–Kier alpha value is -1.48. The first kappa shape index (κ1) is 11.0. The van der Waals surface area contributed by atoms with Gasteiger partial charge in [0.2, 0.25) is 0 Å². The van der Waals surface area contributed by atoms with Gasteiger partial charge in [0.15, 0.2) is 0 Å². The van der Waals surface area contributed by atoms with E-state index in [4.69, 9.17) is 11.6 Å². The molecule has 0 aliphatic rings. The van der Waals surface area contributed by atoms with Gasteiger partial charge in [-0.2, -0.15) is 5.10 Å². The van der Waals surface area contributed by atoms with Crippen LogP contribution in [0.25, 0.3) is 11.1 Å². The van der Waals surface area contributed by atoms with Crippen molar-refractivity contribution in [1.29, 1.82) is 0 Å². The quantitative estimate of drug-likeness (QED) is 0.885. The van der Waals surface area contributed by atoms with Crippen LogP contribution in [-0.4, -0.2) is 16.8 Å². The highest BCUT2D eigenvalue weighted by Crippen LogP contribution is 2.26. The van der Waals surface area contributed by atoms with Crippen LogP contribution in [0.1, 0.15) is 6.92 Å². The molecule has 2 aromatic rings. The standard InChI is InChI=1S/C12H14ClN3/c1-3-16-8-10(7-15-16)9-4-11(13)6-12(5-9)14-2/h4-8,14H,3H2,1-2H3. The topological polar surface area (TPSA) is 29.9 Å². The number of halogens is 1. The number of aromatic nitrogens is 2. The lowest BCUT2D eigenvalue weighted by Gasteiger charge is -2.04. The van der Waals surface area contributed by atoms with Crippen molar-refractivity contribution in [2.75, 3.05) is 12.4 Å². The third kappa shape index (κ3) is 2.19. The van der Waals surface area contributed by atoms with Gasteiger partial charge >= 0.3 is 0 Å². The predicted molar refractivity (Wildman–Crippen MR) is 67.9 cm³/mol. The van der Waals surface area contributed by atoms with Crippen molar-refractivity contribution in [1.82, 2.24) is 9.78 Å². The molecule has 0 radical (unpaired) electrons. The summed E-state index contributed by atoms with van der Waals surface area (Å²) >= 11 is 6.05. The Labute approximate surface area is 100 Å². The van der Waals surface area contributed by atoms with Gasteiger partial charge in [-0.1, -0.05) is 11.6 Å². The molecule has 0 bridgehead atoms. The van der Waals surface area contributed by atoms with Crippen LogP contribution in [0.3, 0.4) is 0 Å². The minimum absolute atomic E-state index is 0.728. The summed E-state index contributed by atoms with van der Waals surface area (Å²) in [6.07, 6.45) is 3.87. The van der Waals surface area contributed by atoms with Gasteiger partial charge in [0.05, 0.1) is 6.20 Å². The Morgan fingerprint density at radius 1 is 1.31 bits per heavy atom. The first-order valence-electron chi connectivity index (χ1n) is 5.24. The van der Waals surface area contributed by atoms with E-state index in [-0.39, 0.29) is 0 Å². The molecule has 3 nitrogen and oxygen atoms in total. The number of anilines is 1. The molecule has 0 unspecified atom stereocenters. The second-order valence-corrected chi connectivity index (χ2v) is 4.00. The average Bonchev–Trinajstić information content (AvgIpc) is 2.76. The van der Waals surface area contributed by atoms with Gasteiger partial charge in [-0.3, -0.25) is 4.68 Å². The fourth-order valence-electron chi connectivity index (χ4n) is 1.59. The Kier molecular flexibility index (Phi) is 3.15. The Morgan fingerprint density at radius 2 is 2.12 bits per heavy atom. The number of nitrogens with one attached hydrogen (secondary N) is 1. The highest BCUT2D eigenvalue weighted by molar-refractivity contribution is 6.31. The summed E-state index contributed by atoms with van der Waals surface area (Å²) in [5, 5.41) is 8.06. The highest BCUT2D eigenvalue weighted by atomic mass is 35.5. The van der Waals surface area contributed by atoms with Gasteiger partial charge in [0, 0.05) is 36.1 Å². The maximum atomic E-state index is 6.05. The molecule has 0 saturated carbocycles. The molecule has 0 aliphatic carbocycles. The number of benzene rings is 1. The maximum Gasteiger partial charge on any atom is 0.0568 e. The summed E-state index contributed by atoms with van der Waals surface area (Å²) in [6, 6.07) is 5.90. The molecule has 0 amide bonds. The number of hydrogen-bond donors (Lipinski definition) is 1. The molecule has 1 aromatic carbocycles. The largest absolute Gasteiger partial charge is 0.388 e. The van der Waals surface area contributed by atoms with E-state index in [1.165, 1.54) is 0 Å². The van der Waals surface area contributed by atoms with Crippen LogP contribution in [0.2, 0.25) is 5.02 Å². The van der Waals surface area contributed by atoms with Gasteiger partial charge in [-0.15, -0.1) is 0 Å². The van der Waals surface area contributed by atoms with Crippen LogP contribution in [0.4, 0.5) is 5.69 Å². The average molecular weight is 236 g/mol. The summed E-state index contributed by atoms with van der Waals surface area (Å²) in [7, 11) is 1.88. The van der Waals surface area contributed by atoms with Crippen molar-refractivity contribution in [2.24, 2.45) is 0 Å². The molecule has 84 valence electrons. The summed E-state index contributed by atoms with van der Waals surface area (Å²) < 4.78 is 1.90. The van der Waals surface area contributed by atoms with Gasteiger partial charge < -0.3 is 5.32 Å². The van der Waals surface area contributed by atoms with Crippen molar-refractivity contribution < 1.29 is 0 Å². The normalized spacial score (nSPS) is 10.4. The fraction of sp³-hybridized carbons (Fsp3) is 0.250. The third-order valence-corrected chi connectivity index (χ3v) is 2.70. The van der Waals surface area contributed by atoms with Crippen molar-refractivity contribution in [3.05, 3.63) is 35.6 Å². The van der Waals surface area contributed by atoms with E-state index < -0.39 is 0 Å². The van der Waals surface area contributed by atoms with Crippen LogP contribution in [0.15, 0.2) is 30.6 Å².